The van der Waals surface area contributed by atoms with Crippen molar-refractivity contribution in [3.63, 3.8) is 0 Å². The Labute approximate surface area is 36.8 Å². The average molecular weight is 181 g/mol. The third-order valence-electron chi connectivity index (χ3n) is 0. The van der Waals surface area contributed by atoms with Crippen LogP contribution in [-0.4, -0.2) is 0 Å². The van der Waals surface area contributed by atoms with Crippen molar-refractivity contribution in [3.05, 3.63) is 0 Å². The molecule has 0 aromatic heterocycles. The molecule has 0 radical (unpaired) electrons. The fourth-order valence-electron chi connectivity index (χ4n) is 0. The molecular formula is H4NO4Tc. The van der Waals surface area contributed by atoms with Gasteiger partial charge in [-0.25, -0.2) is 0 Å². The normalized spacial score (nSPS) is 9.50. The zero-order valence-corrected chi connectivity index (χ0v) is 4.87. The summed E-state index contributed by atoms with van der Waals surface area (Å²) >= 11 is -5.94. The first-order valence-electron chi connectivity index (χ1n) is 0.617. The third kappa shape index (κ3) is 37300. The van der Waals surface area contributed by atoms with Crippen molar-refractivity contribution in [3.8, 4) is 0 Å². The molecule has 0 bridgehead atoms. The first-order chi connectivity index (χ1) is 2.00. The molecule has 0 spiro atoms. The Morgan fingerprint density at radius 3 is 1.17 bits per heavy atom. The second-order valence-corrected chi connectivity index (χ2v) is 2.24. The summed E-state index contributed by atoms with van der Waals surface area (Å²) in [5.74, 6) is 0. The number of hydrogen-bond donors (Lipinski definition) is 1. The fourth-order valence-corrected chi connectivity index (χ4v) is 0. The van der Waals surface area contributed by atoms with Crippen LogP contribution >= 0.6 is 0 Å². The van der Waals surface area contributed by atoms with Crippen molar-refractivity contribution >= 4 is 0 Å². The summed E-state index contributed by atoms with van der Waals surface area (Å²) in [5, 5.41) is 0. The summed E-state index contributed by atoms with van der Waals surface area (Å²) in [6, 6.07) is 0. The van der Waals surface area contributed by atoms with Crippen LogP contribution in [0.3, 0.4) is 0 Å². The van der Waals surface area contributed by atoms with Gasteiger partial charge in [0.1, 0.15) is 0 Å². The van der Waals surface area contributed by atoms with Gasteiger partial charge in [0.25, 0.3) is 0 Å². The molecule has 0 aromatic rings. The van der Waals surface area contributed by atoms with Crippen LogP contribution in [0.4, 0.5) is 0 Å². The van der Waals surface area contributed by atoms with E-state index in [2.05, 4.69) is 0 Å². The van der Waals surface area contributed by atoms with E-state index in [1.165, 1.54) is 0 Å². The van der Waals surface area contributed by atoms with E-state index in [9.17, 15) is 0 Å². The number of quaternary nitrogens is 1. The molecule has 4 N–H and O–H groups in total. The molecule has 6 heavy (non-hydrogen) atoms. The molecule has 6 heteroatoms. The van der Waals surface area contributed by atoms with Crippen molar-refractivity contribution in [2.24, 2.45) is 0 Å². The Kier molecular flexibility index (Phi) is 3.43. The van der Waals surface area contributed by atoms with E-state index in [1.54, 1.807) is 0 Å². The molecule has 40 valence electrons. The van der Waals surface area contributed by atoms with Gasteiger partial charge in [0.2, 0.25) is 0 Å². The number of rotatable bonds is 0. The van der Waals surface area contributed by atoms with E-state index in [1.807, 2.05) is 0 Å². The monoisotopic (exact) mass is 181 g/mol. The summed E-state index contributed by atoms with van der Waals surface area (Å²) in [7, 11) is 0. The Morgan fingerprint density at radius 1 is 1.17 bits per heavy atom. The minimum atomic E-state index is -5.94. The van der Waals surface area contributed by atoms with Crippen LogP contribution in [-0.2, 0) is 26.0 Å². The molecule has 0 fully saturated rings. The summed E-state index contributed by atoms with van der Waals surface area (Å²) in [6.45, 7) is 0. The zero-order chi connectivity index (χ0) is 4.50. The molecule has 0 unspecified atom stereocenters. The van der Waals surface area contributed by atoms with E-state index in [-0.39, 0.29) is 6.15 Å². The average Bonchev–Trinajstić information content (AvgIpc) is 0.722. The second-order valence-electron chi connectivity index (χ2n) is 0.378. The molecule has 0 heterocycles. The van der Waals surface area contributed by atoms with Gasteiger partial charge >= 0.3 is 29.9 Å². The molecule has 0 saturated carbocycles. The maximum absolute atomic E-state index is 8.62. The van der Waals surface area contributed by atoms with Gasteiger partial charge < -0.3 is 6.15 Å². The van der Waals surface area contributed by atoms with Crippen LogP contribution in [0.1, 0.15) is 0 Å². The number of hydrogen-bond acceptors (Lipinski definition) is 4. The van der Waals surface area contributed by atoms with Gasteiger partial charge in [-0.1, -0.05) is 0 Å². The minimum absolute atomic E-state index is 0. The molecular weight excluding hydrogens is 177 g/mol. The molecule has 0 aliphatic carbocycles. The van der Waals surface area contributed by atoms with Crippen molar-refractivity contribution in [1.29, 1.82) is 0 Å². The van der Waals surface area contributed by atoms with Gasteiger partial charge in [0.15, 0.2) is 0 Å². The quantitative estimate of drug-likeness (QED) is 0.507. The topological polar surface area (TPSA) is 111 Å². The van der Waals surface area contributed by atoms with Crippen molar-refractivity contribution < 1.29 is 29.9 Å². The molecule has 0 aliphatic heterocycles. The molecule has 0 amide bonds. The fraction of sp³-hybridized carbons (Fsp3) is 0. The Morgan fingerprint density at radius 2 is 1.17 bits per heavy atom. The molecule has 0 atom stereocenters. The maximum atomic E-state index is 8.62. The van der Waals surface area contributed by atoms with Crippen molar-refractivity contribution in [2.45, 2.75) is 0 Å². The summed E-state index contributed by atoms with van der Waals surface area (Å²) in [5.41, 5.74) is 0. The standard InChI is InChI=1S/H3N.4O.Tc/h1H3;;;;;/q;;;;-1;/p+1/i;;;;;1+1. The van der Waals surface area contributed by atoms with Crippen LogP contribution in [0.25, 0.3) is 0 Å². The van der Waals surface area contributed by atoms with Crippen molar-refractivity contribution in [2.75, 3.05) is 0 Å². The van der Waals surface area contributed by atoms with Crippen LogP contribution in [0.15, 0.2) is 0 Å². The van der Waals surface area contributed by atoms with E-state index < -0.39 is 15.5 Å². The first kappa shape index (κ1) is 9.36. The predicted octanol–water partition coefficient (Wildman–Crippen LogP) is -1.17. The summed E-state index contributed by atoms with van der Waals surface area (Å²) < 4.78 is 34.5. The molecule has 0 aliphatic rings. The van der Waals surface area contributed by atoms with Gasteiger partial charge in [0.05, 0.1) is 0 Å². The van der Waals surface area contributed by atoms with E-state index >= 15 is 0 Å². The van der Waals surface area contributed by atoms with E-state index in [0.717, 1.165) is 0 Å². The summed E-state index contributed by atoms with van der Waals surface area (Å²) in [6.07, 6.45) is 0. The van der Waals surface area contributed by atoms with Gasteiger partial charge in [-0.05, 0) is 0 Å². The first-order valence-corrected chi connectivity index (χ1v) is 3.65. The van der Waals surface area contributed by atoms with E-state index in [4.69, 9.17) is 14.4 Å². The summed E-state index contributed by atoms with van der Waals surface area (Å²) in [4.78, 5) is 0. The Bertz CT molecular complexity index is 129. The van der Waals surface area contributed by atoms with Gasteiger partial charge in [-0.15, -0.1) is 0 Å². The molecule has 5 nitrogen and oxygen atoms in total. The second kappa shape index (κ2) is 2.20. The van der Waals surface area contributed by atoms with Crippen molar-refractivity contribution in [1.82, 2.24) is 6.15 Å². The van der Waals surface area contributed by atoms with Crippen LogP contribution in [0.2, 0.25) is 0 Å². The van der Waals surface area contributed by atoms with Crippen LogP contribution in [0.5, 0.6) is 0 Å². The van der Waals surface area contributed by atoms with Crippen LogP contribution in [0, 0.1) is 0 Å². The Balaban J connectivity index is 0. The molecule has 0 aromatic carbocycles. The molecule has 0 saturated heterocycles. The predicted molar refractivity (Wildman–Crippen MR) is 8.04 cm³/mol. The van der Waals surface area contributed by atoms with Gasteiger partial charge in [-0.2, -0.15) is 0 Å². The molecule has 0 rings (SSSR count). The third-order valence-corrected chi connectivity index (χ3v) is 0. The van der Waals surface area contributed by atoms with Crippen LogP contribution < -0.4 is 10.0 Å². The van der Waals surface area contributed by atoms with Gasteiger partial charge in [-0.3, -0.25) is 0 Å². The zero-order valence-electron chi connectivity index (χ0n) is 3.01. The van der Waals surface area contributed by atoms with E-state index in [0.29, 0.717) is 0 Å². The Hall–Kier alpha value is -0.0306. The SMILES string of the molecule is [NH4+].[O]=[99Tc](=[O])(=[O])[O-]. The van der Waals surface area contributed by atoms with Gasteiger partial charge in [0, 0.05) is 0 Å².